The summed E-state index contributed by atoms with van der Waals surface area (Å²) in [6.45, 7) is 2.19. The molecule has 74 valence electrons. The predicted octanol–water partition coefficient (Wildman–Crippen LogP) is 0.530. The molecule has 0 aromatic carbocycles. The molecule has 0 unspecified atom stereocenters. The molecule has 0 aliphatic carbocycles. The molecule has 1 heterocycles. The lowest BCUT2D eigenvalue weighted by Crippen LogP contribution is -2.26. The van der Waals surface area contributed by atoms with E-state index in [1.54, 1.807) is 6.92 Å². The zero-order chi connectivity index (χ0) is 10.6. The van der Waals surface area contributed by atoms with Gasteiger partial charge in [0, 0.05) is 12.7 Å². The van der Waals surface area contributed by atoms with Crippen molar-refractivity contribution in [1.82, 2.24) is 10.3 Å². The zero-order valence-corrected chi connectivity index (χ0v) is 7.65. The quantitative estimate of drug-likeness (QED) is 0.735. The van der Waals surface area contributed by atoms with Crippen LogP contribution in [0.1, 0.15) is 27.8 Å². The highest BCUT2D eigenvalue weighted by Crippen LogP contribution is 2.04. The molecule has 1 aromatic rings. The van der Waals surface area contributed by atoms with Gasteiger partial charge in [-0.25, -0.2) is 4.79 Å². The zero-order valence-electron chi connectivity index (χ0n) is 7.65. The maximum absolute atomic E-state index is 11.3. The Labute approximate surface area is 80.8 Å². The number of rotatable bonds is 3. The summed E-state index contributed by atoms with van der Waals surface area (Å²) in [4.78, 5) is 25.8. The second kappa shape index (κ2) is 4.36. The van der Waals surface area contributed by atoms with Crippen molar-refractivity contribution in [2.24, 2.45) is 0 Å². The lowest BCUT2D eigenvalue weighted by atomic mass is 10.2. The smallest absolute Gasteiger partial charge is 0.338 e. The summed E-state index contributed by atoms with van der Waals surface area (Å²) < 4.78 is 0. The van der Waals surface area contributed by atoms with Crippen molar-refractivity contribution in [3.05, 3.63) is 29.6 Å². The van der Waals surface area contributed by atoms with E-state index < -0.39 is 11.9 Å². The maximum atomic E-state index is 11.3. The van der Waals surface area contributed by atoms with Crippen LogP contribution in [0.2, 0.25) is 0 Å². The minimum absolute atomic E-state index is 0.0538. The van der Waals surface area contributed by atoms with Gasteiger partial charge in [-0.2, -0.15) is 0 Å². The number of nitrogens with zero attached hydrogens (tertiary/aromatic N) is 1. The van der Waals surface area contributed by atoms with Crippen LogP contribution in [0.15, 0.2) is 18.3 Å². The summed E-state index contributed by atoms with van der Waals surface area (Å²) in [7, 11) is 0. The fraction of sp³-hybridized carbons (Fsp3) is 0.222. The Hall–Kier alpha value is -1.91. The van der Waals surface area contributed by atoms with Gasteiger partial charge in [0.05, 0.1) is 5.56 Å². The van der Waals surface area contributed by atoms with E-state index in [-0.39, 0.29) is 11.3 Å². The number of aromatic nitrogens is 1. The van der Waals surface area contributed by atoms with Crippen molar-refractivity contribution >= 4 is 11.9 Å². The lowest BCUT2D eigenvalue weighted by Gasteiger charge is -2.03. The molecule has 1 amide bonds. The molecular weight excluding hydrogens is 184 g/mol. The summed E-state index contributed by atoms with van der Waals surface area (Å²) >= 11 is 0. The highest BCUT2D eigenvalue weighted by atomic mass is 16.4. The van der Waals surface area contributed by atoms with Gasteiger partial charge in [-0.15, -0.1) is 0 Å². The number of pyridine rings is 1. The average Bonchev–Trinajstić information content (AvgIpc) is 2.18. The van der Waals surface area contributed by atoms with Crippen LogP contribution >= 0.6 is 0 Å². The number of carbonyl (C=O) groups excluding carboxylic acids is 1. The Morgan fingerprint density at radius 3 is 2.86 bits per heavy atom. The van der Waals surface area contributed by atoms with Crippen LogP contribution in [-0.4, -0.2) is 28.5 Å². The molecule has 14 heavy (non-hydrogen) atoms. The van der Waals surface area contributed by atoms with E-state index in [4.69, 9.17) is 5.11 Å². The van der Waals surface area contributed by atoms with Crippen molar-refractivity contribution in [2.45, 2.75) is 6.92 Å². The fourth-order valence-corrected chi connectivity index (χ4v) is 1.00. The third kappa shape index (κ3) is 2.07. The summed E-state index contributed by atoms with van der Waals surface area (Å²) in [5.41, 5.74) is -0.139. The van der Waals surface area contributed by atoms with Crippen molar-refractivity contribution in [3.63, 3.8) is 0 Å². The van der Waals surface area contributed by atoms with Crippen LogP contribution in [0.4, 0.5) is 0 Å². The summed E-state index contributed by atoms with van der Waals surface area (Å²) in [5, 5.41) is 11.3. The average molecular weight is 194 g/mol. The Morgan fingerprint density at radius 2 is 2.29 bits per heavy atom. The molecular formula is C9H10N2O3. The van der Waals surface area contributed by atoms with Crippen LogP contribution in [0, 0.1) is 0 Å². The van der Waals surface area contributed by atoms with Gasteiger partial charge in [0.2, 0.25) is 0 Å². The van der Waals surface area contributed by atoms with Crippen LogP contribution in [0.25, 0.3) is 0 Å². The first-order valence-corrected chi connectivity index (χ1v) is 4.13. The second-order valence-electron chi connectivity index (χ2n) is 2.56. The first-order chi connectivity index (χ1) is 6.66. The number of carboxylic acid groups (broad SMARTS) is 1. The number of amides is 1. The Morgan fingerprint density at radius 1 is 1.57 bits per heavy atom. The number of hydrogen-bond acceptors (Lipinski definition) is 3. The third-order valence-electron chi connectivity index (χ3n) is 1.59. The summed E-state index contributed by atoms with van der Waals surface area (Å²) in [6, 6.07) is 2.83. The Kier molecular flexibility index (Phi) is 3.17. The van der Waals surface area contributed by atoms with Gasteiger partial charge >= 0.3 is 5.97 Å². The Bertz CT molecular complexity index is 363. The number of hydrogen-bond donors (Lipinski definition) is 2. The molecule has 0 atom stereocenters. The number of carbonyl (C=O) groups is 2. The molecule has 5 nitrogen and oxygen atoms in total. The first-order valence-electron chi connectivity index (χ1n) is 4.13. The Balaban J connectivity index is 3.07. The van der Waals surface area contributed by atoms with Crippen LogP contribution in [-0.2, 0) is 0 Å². The molecule has 0 bridgehead atoms. The summed E-state index contributed by atoms with van der Waals surface area (Å²) in [5.74, 6) is -1.62. The van der Waals surface area contributed by atoms with E-state index in [9.17, 15) is 9.59 Å². The highest BCUT2D eigenvalue weighted by molar-refractivity contribution is 6.03. The molecule has 0 fully saturated rings. The van der Waals surface area contributed by atoms with E-state index in [1.807, 2.05) is 0 Å². The first kappa shape index (κ1) is 10.2. The van der Waals surface area contributed by atoms with Crippen LogP contribution in [0.5, 0.6) is 0 Å². The van der Waals surface area contributed by atoms with Gasteiger partial charge in [0.15, 0.2) is 0 Å². The van der Waals surface area contributed by atoms with E-state index in [2.05, 4.69) is 10.3 Å². The number of aromatic carboxylic acids is 1. The molecule has 5 heteroatoms. The SMILES string of the molecule is CCNC(=O)c1ncccc1C(=O)O. The maximum Gasteiger partial charge on any atom is 0.338 e. The summed E-state index contributed by atoms with van der Waals surface area (Å²) in [6.07, 6.45) is 1.39. The largest absolute Gasteiger partial charge is 0.478 e. The fourth-order valence-electron chi connectivity index (χ4n) is 1.00. The third-order valence-corrected chi connectivity index (χ3v) is 1.59. The monoisotopic (exact) mass is 194 g/mol. The molecule has 0 spiro atoms. The van der Waals surface area contributed by atoms with Gasteiger partial charge in [-0.1, -0.05) is 0 Å². The second-order valence-corrected chi connectivity index (χ2v) is 2.56. The van der Waals surface area contributed by atoms with Gasteiger partial charge < -0.3 is 10.4 Å². The van der Waals surface area contributed by atoms with Crippen molar-refractivity contribution in [1.29, 1.82) is 0 Å². The van der Waals surface area contributed by atoms with Crippen LogP contribution < -0.4 is 5.32 Å². The molecule has 0 aliphatic heterocycles. The highest BCUT2D eigenvalue weighted by Gasteiger charge is 2.16. The topological polar surface area (TPSA) is 79.3 Å². The number of carboxylic acids is 1. The molecule has 0 aliphatic rings. The molecule has 2 N–H and O–H groups in total. The van der Waals surface area contributed by atoms with E-state index in [0.29, 0.717) is 6.54 Å². The number of nitrogens with one attached hydrogen (secondary N) is 1. The lowest BCUT2D eigenvalue weighted by molar-refractivity contribution is 0.0690. The molecule has 0 saturated carbocycles. The molecule has 0 saturated heterocycles. The van der Waals surface area contributed by atoms with Gasteiger partial charge in [-0.05, 0) is 19.1 Å². The molecule has 1 aromatic heterocycles. The van der Waals surface area contributed by atoms with E-state index in [1.165, 1.54) is 18.3 Å². The minimum Gasteiger partial charge on any atom is -0.478 e. The predicted molar refractivity (Wildman–Crippen MR) is 49.2 cm³/mol. The van der Waals surface area contributed by atoms with E-state index >= 15 is 0 Å². The van der Waals surface area contributed by atoms with Gasteiger partial charge in [0.25, 0.3) is 5.91 Å². The molecule has 1 rings (SSSR count). The van der Waals surface area contributed by atoms with Gasteiger partial charge in [-0.3, -0.25) is 9.78 Å². The standard InChI is InChI=1S/C9H10N2O3/c1-2-10-8(12)7-6(9(13)14)4-3-5-11-7/h3-5H,2H2,1H3,(H,10,12)(H,13,14). The van der Waals surface area contributed by atoms with E-state index in [0.717, 1.165) is 0 Å². The van der Waals surface area contributed by atoms with Crippen molar-refractivity contribution < 1.29 is 14.7 Å². The minimum atomic E-state index is -1.15. The normalized spacial score (nSPS) is 9.50. The van der Waals surface area contributed by atoms with Gasteiger partial charge in [0.1, 0.15) is 5.69 Å². The van der Waals surface area contributed by atoms with Crippen LogP contribution in [0.3, 0.4) is 0 Å². The van der Waals surface area contributed by atoms with Crippen molar-refractivity contribution in [2.75, 3.05) is 6.54 Å². The molecule has 0 radical (unpaired) electrons. The van der Waals surface area contributed by atoms with Crippen molar-refractivity contribution in [3.8, 4) is 0 Å².